The Bertz CT molecular complexity index is 1340. The number of imidazole rings is 1. The number of carbonyl (C=O) groups excluding carboxylic acids is 3. The molecule has 206 valence electrons. The predicted octanol–water partition coefficient (Wildman–Crippen LogP) is 5.67. The fourth-order valence-corrected chi connectivity index (χ4v) is 4.44. The normalized spacial score (nSPS) is 15.5. The van der Waals surface area contributed by atoms with Gasteiger partial charge in [-0.1, -0.05) is 12.1 Å². The highest BCUT2D eigenvalue weighted by molar-refractivity contribution is 6.04. The molecule has 3 aromatic rings. The summed E-state index contributed by atoms with van der Waals surface area (Å²) in [6.45, 7) is 9.87. The van der Waals surface area contributed by atoms with E-state index in [1.807, 2.05) is 33.8 Å². The number of aryl methyl sites for hydroxylation is 1. The van der Waals surface area contributed by atoms with Crippen LogP contribution < -0.4 is 5.32 Å². The van der Waals surface area contributed by atoms with E-state index >= 15 is 0 Å². The molecule has 3 heterocycles. The minimum Gasteiger partial charge on any atom is -0.461 e. The minimum absolute atomic E-state index is 0.197. The number of rotatable bonds is 6. The Morgan fingerprint density at radius 1 is 1.13 bits per heavy atom. The van der Waals surface area contributed by atoms with Gasteiger partial charge in [-0.15, -0.1) is 0 Å². The van der Waals surface area contributed by atoms with Gasteiger partial charge in [0.05, 0.1) is 12.6 Å². The first-order valence-electron chi connectivity index (χ1n) is 13.2. The molecule has 4 rings (SSSR count). The molecular formula is C29H35N5O5. The highest BCUT2D eigenvalue weighted by Crippen LogP contribution is 2.33. The molecule has 1 fully saturated rings. The number of anilines is 1. The number of aromatic nitrogens is 3. The number of piperidine rings is 1. The van der Waals surface area contributed by atoms with E-state index in [0.29, 0.717) is 41.4 Å². The van der Waals surface area contributed by atoms with Gasteiger partial charge in [0.15, 0.2) is 5.69 Å². The summed E-state index contributed by atoms with van der Waals surface area (Å²) in [5.41, 5.74) is 2.00. The fraction of sp³-hybridized carbons (Fsp3) is 0.414. The minimum atomic E-state index is -0.632. The predicted molar refractivity (Wildman–Crippen MR) is 146 cm³/mol. The van der Waals surface area contributed by atoms with E-state index in [0.717, 1.165) is 18.4 Å². The van der Waals surface area contributed by atoms with Crippen molar-refractivity contribution in [3.63, 3.8) is 0 Å². The van der Waals surface area contributed by atoms with Crippen molar-refractivity contribution >= 4 is 23.8 Å². The molecule has 39 heavy (non-hydrogen) atoms. The largest absolute Gasteiger partial charge is 0.461 e. The SMILES string of the molecule is CCOC(=O)c1[nH]c([C@@H]2CCCCN2C(=O)OC(C)(C)C)nc1-c1ccc(C(=O)Nc2cc(C)ccn2)cc1. The van der Waals surface area contributed by atoms with Crippen LogP contribution in [0.3, 0.4) is 0 Å². The van der Waals surface area contributed by atoms with E-state index in [-0.39, 0.29) is 24.2 Å². The van der Waals surface area contributed by atoms with Gasteiger partial charge in [0.25, 0.3) is 5.91 Å². The Morgan fingerprint density at radius 2 is 1.87 bits per heavy atom. The Morgan fingerprint density at radius 3 is 2.54 bits per heavy atom. The molecule has 0 aliphatic carbocycles. The molecule has 0 radical (unpaired) electrons. The van der Waals surface area contributed by atoms with Crippen LogP contribution >= 0.6 is 0 Å². The molecule has 0 bridgehead atoms. The van der Waals surface area contributed by atoms with Gasteiger partial charge < -0.3 is 19.8 Å². The second-order valence-electron chi connectivity index (χ2n) is 10.5. The number of pyridine rings is 1. The number of carbonyl (C=O) groups is 3. The molecule has 1 atom stereocenters. The van der Waals surface area contributed by atoms with E-state index in [4.69, 9.17) is 14.5 Å². The number of H-pyrrole nitrogens is 1. The van der Waals surface area contributed by atoms with E-state index < -0.39 is 17.7 Å². The lowest BCUT2D eigenvalue weighted by Crippen LogP contribution is -2.42. The van der Waals surface area contributed by atoms with Crippen LogP contribution in [-0.4, -0.2) is 56.6 Å². The summed E-state index contributed by atoms with van der Waals surface area (Å²) in [5.74, 6) is 0.111. The van der Waals surface area contributed by atoms with Crippen LogP contribution in [-0.2, 0) is 9.47 Å². The number of nitrogens with one attached hydrogen (secondary N) is 2. The topological polar surface area (TPSA) is 127 Å². The lowest BCUT2D eigenvalue weighted by Gasteiger charge is -2.35. The molecule has 2 amide bonds. The van der Waals surface area contributed by atoms with Gasteiger partial charge >= 0.3 is 12.1 Å². The second-order valence-corrected chi connectivity index (χ2v) is 10.5. The lowest BCUT2D eigenvalue weighted by molar-refractivity contribution is 0.00853. The Kier molecular flexibility index (Phi) is 8.32. The third-order valence-electron chi connectivity index (χ3n) is 6.23. The molecule has 1 aromatic carbocycles. The first-order valence-corrected chi connectivity index (χ1v) is 13.2. The Labute approximate surface area is 228 Å². The number of esters is 1. The zero-order valence-electron chi connectivity index (χ0n) is 23.0. The van der Waals surface area contributed by atoms with Crippen LogP contribution in [0.1, 0.15) is 85.2 Å². The molecule has 0 saturated carbocycles. The quantitative estimate of drug-likeness (QED) is 0.391. The monoisotopic (exact) mass is 533 g/mol. The maximum Gasteiger partial charge on any atom is 0.410 e. The van der Waals surface area contributed by atoms with Crippen molar-refractivity contribution < 1.29 is 23.9 Å². The maximum atomic E-state index is 13.0. The van der Waals surface area contributed by atoms with E-state index in [1.54, 1.807) is 48.4 Å². The molecule has 0 unspecified atom stereocenters. The van der Waals surface area contributed by atoms with Crippen molar-refractivity contribution in [3.05, 3.63) is 65.2 Å². The molecular weight excluding hydrogens is 498 g/mol. The number of hydrogen-bond donors (Lipinski definition) is 2. The van der Waals surface area contributed by atoms with Crippen LogP contribution in [0.15, 0.2) is 42.6 Å². The molecule has 2 aromatic heterocycles. The fourth-order valence-electron chi connectivity index (χ4n) is 4.44. The zero-order chi connectivity index (χ0) is 28.2. The van der Waals surface area contributed by atoms with Crippen molar-refractivity contribution in [2.24, 2.45) is 0 Å². The van der Waals surface area contributed by atoms with Gasteiger partial charge in [-0.2, -0.15) is 0 Å². The van der Waals surface area contributed by atoms with E-state index in [1.165, 1.54) is 0 Å². The van der Waals surface area contributed by atoms with Gasteiger partial charge in [-0.05, 0) is 83.7 Å². The first kappa shape index (κ1) is 27.8. The van der Waals surface area contributed by atoms with E-state index in [9.17, 15) is 14.4 Å². The van der Waals surface area contributed by atoms with Crippen molar-refractivity contribution in [1.29, 1.82) is 0 Å². The van der Waals surface area contributed by atoms with Crippen molar-refractivity contribution in [1.82, 2.24) is 19.9 Å². The van der Waals surface area contributed by atoms with Crippen molar-refractivity contribution in [2.75, 3.05) is 18.5 Å². The van der Waals surface area contributed by atoms with Gasteiger partial charge in [-0.25, -0.2) is 19.6 Å². The lowest BCUT2D eigenvalue weighted by atomic mass is 10.0. The van der Waals surface area contributed by atoms with Gasteiger partial charge in [0.1, 0.15) is 22.9 Å². The van der Waals surface area contributed by atoms with E-state index in [2.05, 4.69) is 15.3 Å². The molecule has 2 N–H and O–H groups in total. The van der Waals surface area contributed by atoms with Crippen LogP contribution in [0.5, 0.6) is 0 Å². The summed E-state index contributed by atoms with van der Waals surface area (Å²) in [6.07, 6.45) is 3.67. The number of likely N-dealkylation sites (tertiary alicyclic amines) is 1. The highest BCUT2D eigenvalue weighted by Gasteiger charge is 2.34. The summed E-state index contributed by atoms with van der Waals surface area (Å²) in [7, 11) is 0. The Balaban J connectivity index is 1.63. The summed E-state index contributed by atoms with van der Waals surface area (Å²) < 4.78 is 10.9. The van der Waals surface area contributed by atoms with Gasteiger partial charge in [0, 0.05) is 23.9 Å². The number of amides is 2. The van der Waals surface area contributed by atoms with Gasteiger partial charge in [-0.3, -0.25) is 9.69 Å². The maximum absolute atomic E-state index is 13.0. The summed E-state index contributed by atoms with van der Waals surface area (Å²) in [5, 5.41) is 2.79. The third-order valence-corrected chi connectivity index (χ3v) is 6.23. The number of aromatic amines is 1. The third kappa shape index (κ3) is 6.81. The molecule has 1 saturated heterocycles. The molecule has 1 aliphatic heterocycles. The Hall–Kier alpha value is -4.21. The zero-order valence-corrected chi connectivity index (χ0v) is 23.0. The second kappa shape index (κ2) is 11.7. The molecule has 10 nitrogen and oxygen atoms in total. The van der Waals surface area contributed by atoms with Crippen LogP contribution in [0.25, 0.3) is 11.3 Å². The number of benzene rings is 1. The number of ether oxygens (including phenoxy) is 2. The molecule has 10 heteroatoms. The highest BCUT2D eigenvalue weighted by atomic mass is 16.6. The first-order chi connectivity index (χ1) is 18.6. The summed E-state index contributed by atoms with van der Waals surface area (Å²) in [4.78, 5) is 52.3. The van der Waals surface area contributed by atoms with Crippen LogP contribution in [0.4, 0.5) is 10.6 Å². The van der Waals surface area contributed by atoms with Gasteiger partial charge in [0.2, 0.25) is 0 Å². The molecule has 0 spiro atoms. The van der Waals surface area contributed by atoms with Crippen molar-refractivity contribution in [3.8, 4) is 11.3 Å². The average molecular weight is 534 g/mol. The standard InChI is InChI=1S/C29H35N5O5/c1-6-38-27(36)24-23(19-10-12-20(13-11-19)26(35)31-22-17-18(2)14-15-30-22)32-25(33-24)21-9-7-8-16-34(21)28(37)39-29(3,4)5/h10-15,17,21H,6-9,16H2,1-5H3,(H,32,33)(H,30,31,35)/t21-/m0/s1. The molecule has 1 aliphatic rings. The smallest absolute Gasteiger partial charge is 0.410 e. The van der Waals surface area contributed by atoms with Crippen LogP contribution in [0, 0.1) is 6.92 Å². The number of hydrogen-bond acceptors (Lipinski definition) is 7. The summed E-state index contributed by atoms with van der Waals surface area (Å²) >= 11 is 0. The van der Waals surface area contributed by atoms with Crippen LogP contribution in [0.2, 0.25) is 0 Å². The van der Waals surface area contributed by atoms with Crippen molar-refractivity contribution in [2.45, 2.75) is 65.5 Å². The summed E-state index contributed by atoms with van der Waals surface area (Å²) in [6, 6.07) is 10.1. The number of nitrogens with zero attached hydrogens (tertiary/aromatic N) is 3. The average Bonchev–Trinajstić information content (AvgIpc) is 3.33.